The average molecular weight is 447 g/mol. The normalized spacial score (nSPS) is 12.8. The predicted molar refractivity (Wildman–Crippen MR) is 122 cm³/mol. The molecule has 1 aliphatic rings. The Balaban J connectivity index is 1.29. The Morgan fingerprint density at radius 3 is 2.42 bits per heavy atom. The van der Waals surface area contributed by atoms with Crippen LogP contribution in [0, 0.1) is 0 Å². The molecule has 0 unspecified atom stereocenters. The van der Waals surface area contributed by atoms with Crippen molar-refractivity contribution >= 4 is 23.5 Å². The number of rotatable bonds is 10. The van der Waals surface area contributed by atoms with Gasteiger partial charge in [-0.2, -0.15) is 5.10 Å². The zero-order chi connectivity index (χ0) is 23.2. The summed E-state index contributed by atoms with van der Waals surface area (Å²) in [5.41, 5.74) is 2.35. The molecule has 1 heterocycles. The first kappa shape index (κ1) is 22.3. The zero-order valence-corrected chi connectivity index (χ0v) is 18.3. The third-order valence-electron chi connectivity index (χ3n) is 5.21. The van der Waals surface area contributed by atoms with E-state index in [1.807, 2.05) is 36.4 Å². The summed E-state index contributed by atoms with van der Waals surface area (Å²) in [6, 6.07) is 17.9. The van der Waals surface area contributed by atoms with E-state index in [0.717, 1.165) is 24.2 Å². The average Bonchev–Trinajstić information content (AvgIpc) is 3.62. The van der Waals surface area contributed by atoms with Crippen molar-refractivity contribution in [3.63, 3.8) is 0 Å². The minimum absolute atomic E-state index is 0.0323. The Kier molecular flexibility index (Phi) is 6.83. The van der Waals surface area contributed by atoms with Crippen molar-refractivity contribution < 1.29 is 23.9 Å². The molecule has 0 aliphatic heterocycles. The fourth-order valence-corrected chi connectivity index (χ4v) is 3.28. The minimum Gasteiger partial charge on any atom is -0.482 e. The fraction of sp³-hybridized carbons (Fsp3) is 0.280. The standard InChI is InChI=1S/C25H25N3O5/c1-2-22(29)18-10-12-20(13-11-18)32-16-25(31)33-15-24(30)26-23-14-21(17-8-9-17)27-28(23)19-6-4-3-5-7-19/h3-7,10-14,17H,2,8-9,15-16H2,1H3,(H,26,30). The summed E-state index contributed by atoms with van der Waals surface area (Å²) in [7, 11) is 0. The number of ether oxygens (including phenoxy) is 2. The van der Waals surface area contributed by atoms with Crippen LogP contribution in [0.5, 0.6) is 5.75 Å². The molecule has 1 amide bonds. The first-order chi connectivity index (χ1) is 16.0. The number of para-hydroxylation sites is 1. The highest BCUT2D eigenvalue weighted by molar-refractivity contribution is 5.96. The molecule has 2 aromatic carbocycles. The maximum atomic E-state index is 12.4. The van der Waals surface area contributed by atoms with Gasteiger partial charge in [-0.1, -0.05) is 25.1 Å². The van der Waals surface area contributed by atoms with Gasteiger partial charge in [0.25, 0.3) is 5.91 Å². The Hall–Kier alpha value is -3.94. The van der Waals surface area contributed by atoms with E-state index in [1.165, 1.54) is 0 Å². The van der Waals surface area contributed by atoms with Crippen molar-refractivity contribution in [1.82, 2.24) is 9.78 Å². The van der Waals surface area contributed by atoms with E-state index in [1.54, 1.807) is 35.9 Å². The lowest BCUT2D eigenvalue weighted by molar-refractivity contribution is -0.149. The molecule has 0 bridgehead atoms. The lowest BCUT2D eigenvalue weighted by Gasteiger charge is -2.10. The second-order valence-corrected chi connectivity index (χ2v) is 7.77. The summed E-state index contributed by atoms with van der Waals surface area (Å²) in [5.74, 6) is 0.282. The van der Waals surface area contributed by atoms with Crippen molar-refractivity contribution in [2.45, 2.75) is 32.1 Å². The summed E-state index contributed by atoms with van der Waals surface area (Å²) < 4.78 is 12.1. The number of aromatic nitrogens is 2. The van der Waals surface area contributed by atoms with Crippen LogP contribution in [0.2, 0.25) is 0 Å². The van der Waals surface area contributed by atoms with Gasteiger partial charge in [0, 0.05) is 24.0 Å². The molecule has 3 aromatic rings. The molecule has 1 aliphatic carbocycles. The molecule has 1 saturated carbocycles. The van der Waals surface area contributed by atoms with Gasteiger partial charge in [-0.25, -0.2) is 9.48 Å². The second kappa shape index (κ2) is 10.1. The first-order valence-electron chi connectivity index (χ1n) is 10.9. The van der Waals surface area contributed by atoms with Gasteiger partial charge in [0.05, 0.1) is 11.4 Å². The number of amides is 1. The lowest BCUT2D eigenvalue weighted by Crippen LogP contribution is -2.24. The highest BCUT2D eigenvalue weighted by atomic mass is 16.6. The van der Waals surface area contributed by atoms with Gasteiger partial charge in [0.2, 0.25) is 0 Å². The molecule has 8 heteroatoms. The number of hydrogen-bond acceptors (Lipinski definition) is 6. The Bertz CT molecular complexity index is 1130. The number of nitrogens with one attached hydrogen (secondary N) is 1. The van der Waals surface area contributed by atoms with E-state index in [4.69, 9.17) is 9.47 Å². The van der Waals surface area contributed by atoms with Crippen molar-refractivity contribution in [3.05, 3.63) is 71.9 Å². The maximum absolute atomic E-state index is 12.4. The number of nitrogens with zero attached hydrogens (tertiary/aromatic N) is 2. The van der Waals surface area contributed by atoms with E-state index in [-0.39, 0.29) is 12.4 Å². The van der Waals surface area contributed by atoms with Gasteiger partial charge >= 0.3 is 5.97 Å². The summed E-state index contributed by atoms with van der Waals surface area (Å²) in [6.07, 6.45) is 2.60. The molecular weight excluding hydrogens is 422 g/mol. The summed E-state index contributed by atoms with van der Waals surface area (Å²) in [4.78, 5) is 36.0. The van der Waals surface area contributed by atoms with Crippen LogP contribution >= 0.6 is 0 Å². The van der Waals surface area contributed by atoms with Crippen LogP contribution in [0.25, 0.3) is 5.69 Å². The molecule has 1 N–H and O–H groups in total. The highest BCUT2D eigenvalue weighted by Crippen LogP contribution is 2.40. The molecule has 4 rings (SSSR count). The quantitative estimate of drug-likeness (QED) is 0.374. The van der Waals surface area contributed by atoms with Crippen LogP contribution < -0.4 is 10.1 Å². The number of Topliss-reactive ketones (excluding diaryl/α,β-unsaturated/α-hetero) is 1. The molecule has 0 saturated heterocycles. The molecule has 0 atom stereocenters. The van der Waals surface area contributed by atoms with Crippen LogP contribution in [0.15, 0.2) is 60.7 Å². The number of esters is 1. The van der Waals surface area contributed by atoms with E-state index >= 15 is 0 Å². The molecule has 1 aromatic heterocycles. The van der Waals surface area contributed by atoms with Gasteiger partial charge in [-0.3, -0.25) is 9.59 Å². The van der Waals surface area contributed by atoms with Gasteiger partial charge in [-0.05, 0) is 49.2 Å². The van der Waals surface area contributed by atoms with E-state index in [9.17, 15) is 14.4 Å². The number of hydrogen-bond donors (Lipinski definition) is 1. The van der Waals surface area contributed by atoms with Gasteiger partial charge in [0.1, 0.15) is 11.6 Å². The van der Waals surface area contributed by atoms with E-state index in [0.29, 0.717) is 29.5 Å². The summed E-state index contributed by atoms with van der Waals surface area (Å²) >= 11 is 0. The number of carbonyl (C=O) groups is 3. The Morgan fingerprint density at radius 2 is 1.76 bits per heavy atom. The van der Waals surface area contributed by atoms with Gasteiger partial charge in [-0.15, -0.1) is 0 Å². The van der Waals surface area contributed by atoms with Crippen LogP contribution in [0.3, 0.4) is 0 Å². The lowest BCUT2D eigenvalue weighted by atomic mass is 10.1. The molecule has 1 fully saturated rings. The molecule has 33 heavy (non-hydrogen) atoms. The van der Waals surface area contributed by atoms with Crippen LogP contribution in [-0.2, 0) is 14.3 Å². The number of carbonyl (C=O) groups excluding carboxylic acids is 3. The molecular formula is C25H25N3O5. The smallest absolute Gasteiger partial charge is 0.344 e. The summed E-state index contributed by atoms with van der Waals surface area (Å²) in [6.45, 7) is 1.01. The zero-order valence-electron chi connectivity index (χ0n) is 18.3. The van der Waals surface area contributed by atoms with E-state index < -0.39 is 18.5 Å². The molecule has 0 spiro atoms. The van der Waals surface area contributed by atoms with Crippen molar-refractivity contribution in [3.8, 4) is 11.4 Å². The second-order valence-electron chi connectivity index (χ2n) is 7.77. The highest BCUT2D eigenvalue weighted by Gasteiger charge is 2.28. The monoisotopic (exact) mass is 447 g/mol. The number of anilines is 1. The Morgan fingerprint density at radius 1 is 1.03 bits per heavy atom. The SMILES string of the molecule is CCC(=O)c1ccc(OCC(=O)OCC(=O)Nc2cc(C3CC3)nn2-c2ccccc2)cc1. The molecule has 8 nitrogen and oxygen atoms in total. The van der Waals surface area contributed by atoms with Crippen LogP contribution in [0.4, 0.5) is 5.82 Å². The fourth-order valence-electron chi connectivity index (χ4n) is 3.28. The number of ketones is 1. The first-order valence-corrected chi connectivity index (χ1v) is 10.9. The van der Waals surface area contributed by atoms with Crippen LogP contribution in [0.1, 0.15) is 48.2 Å². The van der Waals surface area contributed by atoms with Crippen molar-refractivity contribution in [1.29, 1.82) is 0 Å². The Labute approximate surface area is 191 Å². The largest absolute Gasteiger partial charge is 0.482 e. The molecule has 170 valence electrons. The maximum Gasteiger partial charge on any atom is 0.344 e. The van der Waals surface area contributed by atoms with Crippen molar-refractivity contribution in [2.75, 3.05) is 18.5 Å². The van der Waals surface area contributed by atoms with Crippen LogP contribution in [-0.4, -0.2) is 40.7 Å². The topological polar surface area (TPSA) is 99.5 Å². The predicted octanol–water partition coefficient (Wildman–Crippen LogP) is 3.90. The van der Waals surface area contributed by atoms with E-state index in [2.05, 4.69) is 10.4 Å². The van der Waals surface area contributed by atoms with Crippen molar-refractivity contribution in [2.24, 2.45) is 0 Å². The third kappa shape index (κ3) is 5.85. The summed E-state index contributed by atoms with van der Waals surface area (Å²) in [5, 5.41) is 7.40. The number of benzene rings is 2. The van der Waals surface area contributed by atoms with Gasteiger partial charge < -0.3 is 14.8 Å². The minimum atomic E-state index is -0.672. The molecule has 0 radical (unpaired) electrons. The van der Waals surface area contributed by atoms with Gasteiger partial charge in [0.15, 0.2) is 19.0 Å². The third-order valence-corrected chi connectivity index (χ3v) is 5.21.